The Labute approximate surface area is 114 Å². The summed E-state index contributed by atoms with van der Waals surface area (Å²) < 4.78 is 28.1. The summed E-state index contributed by atoms with van der Waals surface area (Å²) >= 11 is 0. The molecule has 0 aliphatic heterocycles. The predicted octanol–water partition coefficient (Wildman–Crippen LogP) is 4.04. The maximum atomic E-state index is 14.1. The molecule has 0 heterocycles. The molecule has 0 saturated heterocycles. The van der Waals surface area contributed by atoms with Crippen molar-refractivity contribution in [2.24, 2.45) is 23.7 Å². The molecule has 2 rings (SSSR count). The minimum atomic E-state index is -1.21. The Hall–Kier alpha value is -1.09. The zero-order valence-corrected chi connectivity index (χ0v) is 11.4. The minimum absolute atomic E-state index is 0.164. The maximum absolute atomic E-state index is 14.1. The summed E-state index contributed by atoms with van der Waals surface area (Å²) in [6.07, 6.45) is 3.01. The fourth-order valence-corrected chi connectivity index (χ4v) is 3.63. The van der Waals surface area contributed by atoms with E-state index in [1.165, 1.54) is 12.8 Å². The molecule has 0 aromatic rings. The van der Waals surface area contributed by atoms with E-state index in [4.69, 9.17) is 5.26 Å². The molecule has 2 unspecified atom stereocenters. The van der Waals surface area contributed by atoms with E-state index in [-0.39, 0.29) is 5.92 Å². The second-order valence-electron chi connectivity index (χ2n) is 6.19. The van der Waals surface area contributed by atoms with E-state index in [0.29, 0.717) is 18.8 Å². The lowest BCUT2D eigenvalue weighted by Crippen LogP contribution is -2.38. The SMILES string of the molecule is CC1CCC(C2CC(F)C(C#CC#N)C(F)C2)CC1. The van der Waals surface area contributed by atoms with E-state index in [2.05, 4.69) is 18.8 Å². The van der Waals surface area contributed by atoms with Gasteiger partial charge in [-0.15, -0.1) is 0 Å². The lowest BCUT2D eigenvalue weighted by atomic mass is 9.68. The Bertz CT molecular complexity index is 383. The second kappa shape index (κ2) is 6.38. The van der Waals surface area contributed by atoms with E-state index in [0.717, 1.165) is 18.8 Å². The molecule has 2 aliphatic carbocycles. The molecule has 0 N–H and O–H groups in total. The van der Waals surface area contributed by atoms with Gasteiger partial charge in [-0.05, 0) is 43.4 Å². The van der Waals surface area contributed by atoms with Gasteiger partial charge < -0.3 is 0 Å². The van der Waals surface area contributed by atoms with Gasteiger partial charge in [0.2, 0.25) is 0 Å². The zero-order chi connectivity index (χ0) is 13.8. The number of hydrogen-bond donors (Lipinski definition) is 0. The molecule has 2 fully saturated rings. The molecule has 0 bridgehead atoms. The van der Waals surface area contributed by atoms with Crippen molar-refractivity contribution in [1.29, 1.82) is 5.26 Å². The third-order valence-electron chi connectivity index (χ3n) is 4.86. The number of nitrogens with zero attached hydrogens (tertiary/aromatic N) is 1. The van der Waals surface area contributed by atoms with Crippen LogP contribution in [0.2, 0.25) is 0 Å². The molecule has 0 aromatic heterocycles. The van der Waals surface area contributed by atoms with Gasteiger partial charge in [0.25, 0.3) is 0 Å². The summed E-state index contributed by atoms with van der Waals surface area (Å²) in [5.74, 6) is 5.11. The van der Waals surface area contributed by atoms with Gasteiger partial charge in [0, 0.05) is 5.92 Å². The van der Waals surface area contributed by atoms with Gasteiger partial charge in [-0.3, -0.25) is 0 Å². The van der Waals surface area contributed by atoms with Crippen LogP contribution >= 0.6 is 0 Å². The van der Waals surface area contributed by atoms with E-state index >= 15 is 0 Å². The highest BCUT2D eigenvalue weighted by Crippen LogP contribution is 2.43. The summed E-state index contributed by atoms with van der Waals surface area (Å²) in [7, 11) is 0. The minimum Gasteiger partial charge on any atom is -0.246 e. The molecule has 19 heavy (non-hydrogen) atoms. The van der Waals surface area contributed by atoms with Gasteiger partial charge >= 0.3 is 0 Å². The Morgan fingerprint density at radius 3 is 2.05 bits per heavy atom. The predicted molar refractivity (Wildman–Crippen MR) is 70.5 cm³/mol. The molecule has 2 aliphatic rings. The van der Waals surface area contributed by atoms with Crippen molar-refractivity contribution in [1.82, 2.24) is 0 Å². The Balaban J connectivity index is 1.95. The zero-order valence-electron chi connectivity index (χ0n) is 11.4. The first-order valence-corrected chi connectivity index (χ1v) is 7.29. The van der Waals surface area contributed by atoms with Crippen LogP contribution in [0.15, 0.2) is 0 Å². The summed E-state index contributed by atoms with van der Waals surface area (Å²) in [5.41, 5.74) is 0. The monoisotopic (exact) mass is 265 g/mol. The highest BCUT2D eigenvalue weighted by atomic mass is 19.1. The number of hydrogen-bond acceptors (Lipinski definition) is 1. The van der Waals surface area contributed by atoms with Crippen molar-refractivity contribution in [3.05, 3.63) is 0 Å². The van der Waals surface area contributed by atoms with Gasteiger partial charge in [0.1, 0.15) is 12.3 Å². The number of nitriles is 1. The van der Waals surface area contributed by atoms with E-state index < -0.39 is 18.3 Å². The molecular weight excluding hydrogens is 244 g/mol. The smallest absolute Gasteiger partial charge is 0.152 e. The lowest BCUT2D eigenvalue weighted by Gasteiger charge is -2.39. The number of alkyl halides is 2. The van der Waals surface area contributed by atoms with Crippen molar-refractivity contribution in [2.45, 2.75) is 57.8 Å². The quantitative estimate of drug-likeness (QED) is 0.656. The first-order valence-electron chi connectivity index (χ1n) is 7.29. The highest BCUT2D eigenvalue weighted by molar-refractivity contribution is 5.21. The maximum Gasteiger partial charge on any atom is 0.152 e. The van der Waals surface area contributed by atoms with Crippen LogP contribution in [0.25, 0.3) is 0 Å². The van der Waals surface area contributed by atoms with Crippen LogP contribution in [-0.4, -0.2) is 12.3 Å². The van der Waals surface area contributed by atoms with Gasteiger partial charge in [-0.2, -0.15) is 5.26 Å². The summed E-state index contributed by atoms with van der Waals surface area (Å²) in [6, 6.07) is 1.64. The summed E-state index contributed by atoms with van der Waals surface area (Å²) in [6.45, 7) is 2.25. The largest absolute Gasteiger partial charge is 0.246 e. The molecule has 3 heteroatoms. The van der Waals surface area contributed by atoms with Crippen LogP contribution in [0.5, 0.6) is 0 Å². The molecule has 0 amide bonds. The van der Waals surface area contributed by atoms with E-state index in [9.17, 15) is 8.78 Å². The van der Waals surface area contributed by atoms with Crippen LogP contribution in [0.3, 0.4) is 0 Å². The van der Waals surface area contributed by atoms with Gasteiger partial charge in [-0.1, -0.05) is 25.7 Å². The van der Waals surface area contributed by atoms with Crippen LogP contribution in [0, 0.1) is 46.8 Å². The Kier molecular flexibility index (Phi) is 4.81. The van der Waals surface area contributed by atoms with E-state index in [1.54, 1.807) is 6.07 Å². The van der Waals surface area contributed by atoms with Gasteiger partial charge in [0.05, 0.1) is 5.92 Å². The first kappa shape index (κ1) is 14.3. The average molecular weight is 265 g/mol. The normalized spacial score (nSPS) is 42.8. The molecule has 2 atom stereocenters. The van der Waals surface area contributed by atoms with Gasteiger partial charge in [-0.25, -0.2) is 8.78 Å². The Morgan fingerprint density at radius 1 is 0.947 bits per heavy atom. The van der Waals surface area contributed by atoms with Crippen molar-refractivity contribution in [3.8, 4) is 17.9 Å². The molecule has 104 valence electrons. The third kappa shape index (κ3) is 3.47. The fraction of sp³-hybridized carbons (Fsp3) is 0.812. The van der Waals surface area contributed by atoms with Crippen LogP contribution in [0.1, 0.15) is 45.4 Å². The molecular formula is C16H21F2N. The highest BCUT2D eigenvalue weighted by Gasteiger charge is 2.40. The number of rotatable bonds is 1. The van der Waals surface area contributed by atoms with Crippen molar-refractivity contribution in [2.75, 3.05) is 0 Å². The fourth-order valence-electron chi connectivity index (χ4n) is 3.63. The van der Waals surface area contributed by atoms with Crippen LogP contribution in [0.4, 0.5) is 8.78 Å². The molecule has 0 radical (unpaired) electrons. The van der Waals surface area contributed by atoms with Crippen LogP contribution < -0.4 is 0 Å². The summed E-state index contributed by atoms with van der Waals surface area (Å²) in [5, 5.41) is 8.38. The van der Waals surface area contributed by atoms with Crippen molar-refractivity contribution < 1.29 is 8.78 Å². The topological polar surface area (TPSA) is 23.8 Å². The Morgan fingerprint density at radius 2 is 1.53 bits per heavy atom. The molecule has 0 spiro atoms. The first-order chi connectivity index (χ1) is 9.11. The standard InChI is InChI=1S/C16H21F2N/c1-11-4-6-12(7-5-11)13-9-15(17)14(3-2-8-19)16(18)10-13/h11-16H,4-7,9-10H2,1H3. The number of halogens is 2. The van der Waals surface area contributed by atoms with Gasteiger partial charge in [0.15, 0.2) is 6.07 Å². The second-order valence-corrected chi connectivity index (χ2v) is 6.19. The lowest BCUT2D eigenvalue weighted by molar-refractivity contribution is 0.0396. The van der Waals surface area contributed by atoms with Crippen molar-refractivity contribution >= 4 is 0 Å². The van der Waals surface area contributed by atoms with E-state index in [1.807, 2.05) is 0 Å². The molecule has 1 nitrogen and oxygen atoms in total. The van der Waals surface area contributed by atoms with Crippen molar-refractivity contribution in [3.63, 3.8) is 0 Å². The molecule has 2 saturated carbocycles. The third-order valence-corrected chi connectivity index (χ3v) is 4.86. The van der Waals surface area contributed by atoms with Crippen LogP contribution in [-0.2, 0) is 0 Å². The molecule has 0 aromatic carbocycles. The summed E-state index contributed by atoms with van der Waals surface area (Å²) in [4.78, 5) is 0. The average Bonchev–Trinajstić information content (AvgIpc) is 2.38.